The van der Waals surface area contributed by atoms with Gasteiger partial charge in [0, 0.05) is 55.9 Å². The van der Waals surface area contributed by atoms with Crippen LogP contribution in [0.25, 0.3) is 10.9 Å². The zero-order valence-electron chi connectivity index (χ0n) is 31.3. The first-order valence-electron chi connectivity index (χ1n) is 18.6. The Labute approximate surface area is 315 Å². The van der Waals surface area contributed by atoms with E-state index in [1.165, 1.54) is 7.11 Å². The maximum Gasteiger partial charge on any atom is 0.254 e. The number of H-pyrrole nitrogens is 1. The lowest BCUT2D eigenvalue weighted by Crippen LogP contribution is -2.56. The first-order valence-corrected chi connectivity index (χ1v) is 18.6. The number of nitrogens with zero attached hydrogens (tertiary/aromatic N) is 3. The van der Waals surface area contributed by atoms with E-state index in [9.17, 15) is 24.4 Å². The Morgan fingerprint density at radius 3 is 2.46 bits per heavy atom. The van der Waals surface area contributed by atoms with E-state index in [1.54, 1.807) is 53.4 Å². The standard InChI is InChI=1S/C42H48N6O6/c1-26(2)54-37-16-14-29(18-38(37)53-4)42(52)48-23-31-22-47(39(49)19-30-21-45-36-17-28(20-43)13-15-32(30)36)25-34(33(31)24-48)40(50)46-35(41(51)44-3)12-8-11-27-9-6-5-7-10-27/h5-7,9-10,13-18,21,26,31,33-35,45H,8,11-12,19,22-25H2,1-4H3,(H,44,51)(H,46,50)/t31?,33?,34?,35-/m0/s1. The van der Waals surface area contributed by atoms with Crippen LogP contribution in [0.3, 0.4) is 0 Å². The summed E-state index contributed by atoms with van der Waals surface area (Å²) in [5.41, 5.74) is 3.67. The summed E-state index contributed by atoms with van der Waals surface area (Å²) in [6, 6.07) is 21.8. The summed E-state index contributed by atoms with van der Waals surface area (Å²) in [4.78, 5) is 62.0. The number of piperidine rings is 1. The molecule has 0 spiro atoms. The number of rotatable bonds is 13. The summed E-state index contributed by atoms with van der Waals surface area (Å²) in [5.74, 6) is -0.969. The number of likely N-dealkylation sites (tertiary alicyclic amines) is 2. The van der Waals surface area contributed by atoms with E-state index < -0.39 is 12.0 Å². The Morgan fingerprint density at radius 1 is 0.963 bits per heavy atom. The predicted octanol–water partition coefficient (Wildman–Crippen LogP) is 4.48. The number of benzene rings is 3. The molecule has 4 amide bonds. The van der Waals surface area contributed by atoms with Gasteiger partial charge in [-0.1, -0.05) is 36.4 Å². The number of aryl methyl sites for hydroxylation is 1. The van der Waals surface area contributed by atoms with E-state index >= 15 is 0 Å². The zero-order valence-corrected chi connectivity index (χ0v) is 31.3. The van der Waals surface area contributed by atoms with Crippen molar-refractivity contribution in [2.45, 2.75) is 51.7 Å². The molecule has 4 aromatic rings. The van der Waals surface area contributed by atoms with Crippen molar-refractivity contribution in [1.82, 2.24) is 25.4 Å². The maximum atomic E-state index is 14.3. The topological polar surface area (TPSA) is 157 Å². The number of nitriles is 1. The summed E-state index contributed by atoms with van der Waals surface area (Å²) >= 11 is 0. The van der Waals surface area contributed by atoms with Crippen LogP contribution in [0.2, 0.25) is 0 Å². The number of nitrogens with one attached hydrogen (secondary N) is 3. The fourth-order valence-electron chi connectivity index (χ4n) is 7.81. The van der Waals surface area contributed by atoms with Gasteiger partial charge in [0.15, 0.2) is 11.5 Å². The third kappa shape index (κ3) is 8.52. The van der Waals surface area contributed by atoms with E-state index in [4.69, 9.17) is 9.47 Å². The SMILES string of the molecule is CNC(=O)[C@H](CCCc1ccccc1)NC(=O)C1CN(C(=O)Cc2c[nH]c3cc(C#N)ccc23)CC2CN(C(=O)c3ccc(OC(C)C)c(OC)c3)CC21. The maximum absolute atomic E-state index is 14.3. The van der Waals surface area contributed by atoms with Crippen molar-refractivity contribution in [3.05, 3.63) is 95.2 Å². The molecular weight excluding hydrogens is 684 g/mol. The number of likely N-dealkylation sites (N-methyl/N-ethyl adjacent to an activating group) is 1. The summed E-state index contributed by atoms with van der Waals surface area (Å²) in [6.07, 6.45) is 3.71. The minimum absolute atomic E-state index is 0.0739. The van der Waals surface area contributed by atoms with Gasteiger partial charge < -0.3 is 34.9 Å². The Morgan fingerprint density at radius 2 is 1.74 bits per heavy atom. The number of hydrogen-bond donors (Lipinski definition) is 3. The molecule has 6 rings (SSSR count). The third-order valence-corrected chi connectivity index (χ3v) is 10.5. The molecule has 3 N–H and O–H groups in total. The van der Waals surface area contributed by atoms with Gasteiger partial charge in [0.2, 0.25) is 17.7 Å². The molecule has 2 aliphatic heterocycles. The molecule has 12 heteroatoms. The van der Waals surface area contributed by atoms with Gasteiger partial charge in [-0.2, -0.15) is 5.26 Å². The van der Waals surface area contributed by atoms with Crippen LogP contribution in [-0.4, -0.2) is 90.9 Å². The minimum Gasteiger partial charge on any atom is -0.493 e. The highest BCUT2D eigenvalue weighted by molar-refractivity contribution is 5.95. The highest BCUT2D eigenvalue weighted by Gasteiger charge is 2.48. The highest BCUT2D eigenvalue weighted by Crippen LogP contribution is 2.38. The van der Waals surface area contributed by atoms with Gasteiger partial charge in [-0.3, -0.25) is 19.2 Å². The smallest absolute Gasteiger partial charge is 0.254 e. The Bertz CT molecular complexity index is 2040. The summed E-state index contributed by atoms with van der Waals surface area (Å²) in [7, 11) is 3.09. The molecule has 2 fully saturated rings. The van der Waals surface area contributed by atoms with Crippen molar-refractivity contribution >= 4 is 34.5 Å². The van der Waals surface area contributed by atoms with Crippen molar-refractivity contribution < 1.29 is 28.7 Å². The monoisotopic (exact) mass is 732 g/mol. The summed E-state index contributed by atoms with van der Waals surface area (Å²) < 4.78 is 11.4. The quantitative estimate of drug-likeness (QED) is 0.183. The third-order valence-electron chi connectivity index (χ3n) is 10.5. The number of hydrogen-bond acceptors (Lipinski definition) is 7. The zero-order chi connectivity index (χ0) is 38.4. The van der Waals surface area contributed by atoms with Crippen molar-refractivity contribution in [3.8, 4) is 17.6 Å². The number of aromatic amines is 1. The fourth-order valence-corrected chi connectivity index (χ4v) is 7.81. The molecule has 1 aromatic heterocycles. The lowest BCUT2D eigenvalue weighted by atomic mass is 9.79. The number of methoxy groups -OCH3 is 1. The van der Waals surface area contributed by atoms with Crippen LogP contribution in [0.4, 0.5) is 0 Å². The van der Waals surface area contributed by atoms with Crippen LogP contribution in [-0.2, 0) is 27.2 Å². The van der Waals surface area contributed by atoms with Gasteiger partial charge in [0.1, 0.15) is 6.04 Å². The van der Waals surface area contributed by atoms with Gasteiger partial charge in [-0.15, -0.1) is 0 Å². The highest BCUT2D eigenvalue weighted by atomic mass is 16.5. The van der Waals surface area contributed by atoms with E-state index in [2.05, 4.69) is 21.7 Å². The largest absolute Gasteiger partial charge is 0.493 e. The molecule has 4 atom stereocenters. The normalized spacial score (nSPS) is 18.5. The molecule has 0 bridgehead atoms. The van der Waals surface area contributed by atoms with Crippen LogP contribution in [0.15, 0.2) is 72.9 Å². The average Bonchev–Trinajstić information content (AvgIpc) is 3.80. The number of ether oxygens (including phenoxy) is 2. The van der Waals surface area contributed by atoms with Gasteiger partial charge in [-0.05, 0) is 86.4 Å². The van der Waals surface area contributed by atoms with E-state index in [0.29, 0.717) is 55.1 Å². The van der Waals surface area contributed by atoms with Crippen LogP contribution >= 0.6 is 0 Å². The number of carbonyl (C=O) groups is 4. The van der Waals surface area contributed by atoms with Crippen molar-refractivity contribution in [2.24, 2.45) is 17.8 Å². The van der Waals surface area contributed by atoms with Crippen LogP contribution in [0.5, 0.6) is 11.5 Å². The summed E-state index contributed by atoms with van der Waals surface area (Å²) in [5, 5.41) is 15.9. The first-order chi connectivity index (χ1) is 26.1. The Hall–Kier alpha value is -5.83. The number of carbonyl (C=O) groups excluding carboxylic acids is 4. The average molecular weight is 733 g/mol. The lowest BCUT2D eigenvalue weighted by Gasteiger charge is -2.40. The van der Waals surface area contributed by atoms with Crippen LogP contribution in [0, 0.1) is 29.1 Å². The Kier molecular flexibility index (Phi) is 11.9. The number of aromatic nitrogens is 1. The minimum atomic E-state index is -0.751. The molecule has 2 aliphatic rings. The second-order valence-corrected chi connectivity index (χ2v) is 14.5. The molecule has 3 unspecified atom stereocenters. The van der Waals surface area contributed by atoms with E-state index in [-0.39, 0.29) is 54.5 Å². The molecule has 0 radical (unpaired) electrons. The summed E-state index contributed by atoms with van der Waals surface area (Å²) in [6.45, 7) is 5.08. The van der Waals surface area contributed by atoms with E-state index in [1.807, 2.05) is 50.2 Å². The van der Waals surface area contributed by atoms with Crippen LogP contribution in [0.1, 0.15) is 53.7 Å². The van der Waals surface area contributed by atoms with Crippen molar-refractivity contribution in [1.29, 1.82) is 5.26 Å². The first kappa shape index (κ1) is 37.9. The van der Waals surface area contributed by atoms with Gasteiger partial charge in [-0.25, -0.2) is 0 Å². The second kappa shape index (κ2) is 16.9. The number of fused-ring (bicyclic) bond motifs is 2. The molecule has 54 heavy (non-hydrogen) atoms. The van der Waals surface area contributed by atoms with Gasteiger partial charge in [0.05, 0.1) is 37.2 Å². The molecular formula is C42H48N6O6. The van der Waals surface area contributed by atoms with Crippen molar-refractivity contribution in [3.63, 3.8) is 0 Å². The molecule has 3 aromatic carbocycles. The van der Waals surface area contributed by atoms with Gasteiger partial charge >= 0.3 is 0 Å². The van der Waals surface area contributed by atoms with E-state index in [0.717, 1.165) is 28.5 Å². The number of amides is 4. The van der Waals surface area contributed by atoms with Crippen molar-refractivity contribution in [2.75, 3.05) is 40.3 Å². The molecule has 0 saturated carbocycles. The second-order valence-electron chi connectivity index (χ2n) is 14.5. The Balaban J connectivity index is 1.22. The lowest BCUT2D eigenvalue weighted by molar-refractivity contribution is -0.140. The molecule has 3 heterocycles. The van der Waals surface area contributed by atoms with Crippen LogP contribution < -0.4 is 20.1 Å². The van der Waals surface area contributed by atoms with Gasteiger partial charge in [0.25, 0.3) is 5.91 Å². The molecule has 2 saturated heterocycles. The molecule has 0 aliphatic carbocycles. The fraction of sp³-hybridized carbons (Fsp3) is 0.405. The predicted molar refractivity (Wildman–Crippen MR) is 204 cm³/mol. The molecule has 282 valence electrons. The molecule has 12 nitrogen and oxygen atoms in total.